The normalized spacial score (nSPS) is 11.6. The van der Waals surface area contributed by atoms with E-state index >= 15 is 0 Å². The van der Waals surface area contributed by atoms with Crippen LogP contribution in [0.25, 0.3) is 0 Å². The zero-order valence-corrected chi connectivity index (χ0v) is 11.7. The van der Waals surface area contributed by atoms with Gasteiger partial charge in [-0.1, -0.05) is 6.92 Å². The molecule has 0 aliphatic heterocycles. The van der Waals surface area contributed by atoms with Gasteiger partial charge in [0.25, 0.3) is 0 Å². The second kappa shape index (κ2) is 7.05. The van der Waals surface area contributed by atoms with Gasteiger partial charge in [0.2, 0.25) is 0 Å². The van der Waals surface area contributed by atoms with E-state index in [4.69, 9.17) is 0 Å². The fourth-order valence-corrected chi connectivity index (χ4v) is 2.66. The predicted octanol–water partition coefficient (Wildman–Crippen LogP) is 2.88. The Kier molecular flexibility index (Phi) is 6.03. The van der Waals surface area contributed by atoms with Gasteiger partial charge in [-0.3, -0.25) is 4.90 Å². The molecule has 1 N–H and O–H groups in total. The van der Waals surface area contributed by atoms with Crippen LogP contribution in [0.1, 0.15) is 30.5 Å². The van der Waals surface area contributed by atoms with Crippen LogP contribution >= 0.6 is 11.3 Å². The van der Waals surface area contributed by atoms with Gasteiger partial charge in [-0.05, 0) is 39.4 Å². The first kappa shape index (κ1) is 13.7. The number of rotatable bonds is 7. The Morgan fingerprint density at radius 2 is 2.12 bits per heavy atom. The molecule has 0 atom stereocenters. The maximum absolute atomic E-state index is 3.50. The highest BCUT2D eigenvalue weighted by Gasteiger charge is 2.05. The van der Waals surface area contributed by atoms with Gasteiger partial charge in [-0.2, -0.15) is 0 Å². The number of hydrogen-bond acceptors (Lipinski definition) is 3. The average molecular weight is 240 g/mol. The van der Waals surface area contributed by atoms with Gasteiger partial charge < -0.3 is 5.32 Å². The summed E-state index contributed by atoms with van der Waals surface area (Å²) in [5, 5.41) is 3.50. The number of nitrogens with one attached hydrogen (secondary N) is 1. The van der Waals surface area contributed by atoms with Crippen molar-refractivity contribution in [3.8, 4) is 0 Å². The molecule has 0 fully saturated rings. The summed E-state index contributed by atoms with van der Waals surface area (Å²) in [6, 6.07) is 5.05. The van der Waals surface area contributed by atoms with Crippen molar-refractivity contribution in [2.24, 2.45) is 0 Å². The van der Waals surface area contributed by atoms with Crippen LogP contribution in [0, 0.1) is 6.92 Å². The predicted molar refractivity (Wildman–Crippen MR) is 73.1 cm³/mol. The minimum absolute atomic E-state index is 0.649. The summed E-state index contributed by atoms with van der Waals surface area (Å²) in [6.07, 6.45) is 0. The van der Waals surface area contributed by atoms with E-state index in [0.29, 0.717) is 6.04 Å². The third-order valence-electron chi connectivity index (χ3n) is 2.81. The molecule has 0 aliphatic rings. The summed E-state index contributed by atoms with van der Waals surface area (Å²) in [5.41, 5.74) is 0. The topological polar surface area (TPSA) is 15.3 Å². The summed E-state index contributed by atoms with van der Waals surface area (Å²) in [7, 11) is 0. The second-order valence-electron chi connectivity index (χ2n) is 4.41. The van der Waals surface area contributed by atoms with E-state index in [1.54, 1.807) is 0 Å². The van der Waals surface area contributed by atoms with Crippen molar-refractivity contribution in [3.63, 3.8) is 0 Å². The van der Waals surface area contributed by atoms with E-state index in [2.05, 4.69) is 50.0 Å². The number of thiophene rings is 1. The van der Waals surface area contributed by atoms with Gasteiger partial charge in [0.15, 0.2) is 0 Å². The lowest BCUT2D eigenvalue weighted by Crippen LogP contribution is -2.36. The summed E-state index contributed by atoms with van der Waals surface area (Å²) >= 11 is 1.88. The van der Waals surface area contributed by atoms with Gasteiger partial charge >= 0.3 is 0 Å². The lowest BCUT2D eigenvalue weighted by atomic mass is 10.3. The van der Waals surface area contributed by atoms with Crippen LogP contribution in [0.2, 0.25) is 0 Å². The number of aryl methyl sites for hydroxylation is 1. The van der Waals surface area contributed by atoms with E-state index in [-0.39, 0.29) is 0 Å². The van der Waals surface area contributed by atoms with Gasteiger partial charge in [0.05, 0.1) is 0 Å². The number of nitrogens with zero attached hydrogens (tertiary/aromatic N) is 1. The molecule has 0 bridgehead atoms. The Hall–Kier alpha value is -0.380. The molecular weight excluding hydrogens is 216 g/mol. The van der Waals surface area contributed by atoms with Crippen LogP contribution in [0.3, 0.4) is 0 Å². The smallest absolute Gasteiger partial charge is 0.0300 e. The molecule has 0 aliphatic carbocycles. The van der Waals surface area contributed by atoms with Crippen molar-refractivity contribution in [3.05, 3.63) is 21.9 Å². The minimum atomic E-state index is 0.649. The minimum Gasteiger partial charge on any atom is -0.311 e. The lowest BCUT2D eigenvalue weighted by molar-refractivity contribution is 0.234. The first-order chi connectivity index (χ1) is 7.63. The fraction of sp³-hybridized carbons (Fsp3) is 0.692. The SMILES string of the molecule is CCN(CCNCc1ccc(C)s1)C(C)C. The van der Waals surface area contributed by atoms with Crippen molar-refractivity contribution in [1.82, 2.24) is 10.2 Å². The molecule has 0 radical (unpaired) electrons. The van der Waals surface area contributed by atoms with Gasteiger partial charge in [0.1, 0.15) is 0 Å². The van der Waals surface area contributed by atoms with Crippen LogP contribution in [0.15, 0.2) is 12.1 Å². The third kappa shape index (κ3) is 4.64. The zero-order chi connectivity index (χ0) is 12.0. The Labute approximate surface area is 104 Å². The molecule has 2 nitrogen and oxygen atoms in total. The molecule has 1 heterocycles. The largest absolute Gasteiger partial charge is 0.311 e. The molecular formula is C13H24N2S. The van der Waals surface area contributed by atoms with Crippen molar-refractivity contribution in [2.45, 2.75) is 40.3 Å². The summed E-state index contributed by atoms with van der Waals surface area (Å²) in [4.78, 5) is 5.31. The van der Waals surface area contributed by atoms with Crippen molar-refractivity contribution in [2.75, 3.05) is 19.6 Å². The first-order valence-electron chi connectivity index (χ1n) is 6.13. The Balaban J connectivity index is 2.16. The van der Waals surface area contributed by atoms with E-state index in [1.807, 2.05) is 11.3 Å². The van der Waals surface area contributed by atoms with Crippen LogP contribution in [-0.4, -0.2) is 30.6 Å². The van der Waals surface area contributed by atoms with Gasteiger partial charge in [0, 0.05) is 35.4 Å². The van der Waals surface area contributed by atoms with E-state index in [9.17, 15) is 0 Å². The highest BCUT2D eigenvalue weighted by atomic mass is 32.1. The van der Waals surface area contributed by atoms with Gasteiger partial charge in [-0.25, -0.2) is 0 Å². The summed E-state index contributed by atoms with van der Waals surface area (Å²) in [5.74, 6) is 0. The van der Waals surface area contributed by atoms with Crippen LogP contribution in [0.5, 0.6) is 0 Å². The Bertz CT molecular complexity index is 294. The summed E-state index contributed by atoms with van der Waals surface area (Å²) < 4.78 is 0. The third-order valence-corrected chi connectivity index (χ3v) is 3.81. The molecule has 1 aromatic heterocycles. The maximum atomic E-state index is 3.50. The standard InChI is InChI=1S/C13H24N2S/c1-5-15(11(2)3)9-8-14-10-13-7-6-12(4)16-13/h6-7,11,14H,5,8-10H2,1-4H3. The van der Waals surface area contributed by atoms with Crippen LogP contribution in [-0.2, 0) is 6.54 Å². The summed E-state index contributed by atoms with van der Waals surface area (Å²) in [6.45, 7) is 13.2. The molecule has 1 rings (SSSR count). The monoisotopic (exact) mass is 240 g/mol. The average Bonchev–Trinajstić information content (AvgIpc) is 2.64. The molecule has 1 aromatic rings. The molecule has 0 unspecified atom stereocenters. The number of likely N-dealkylation sites (N-methyl/N-ethyl adjacent to an activating group) is 1. The Morgan fingerprint density at radius 1 is 1.38 bits per heavy atom. The molecule has 0 aromatic carbocycles. The molecule has 0 amide bonds. The fourth-order valence-electron chi connectivity index (χ4n) is 1.80. The molecule has 0 saturated heterocycles. The molecule has 92 valence electrons. The molecule has 3 heteroatoms. The highest BCUT2D eigenvalue weighted by Crippen LogP contribution is 2.14. The van der Waals surface area contributed by atoms with Gasteiger partial charge in [-0.15, -0.1) is 11.3 Å². The zero-order valence-electron chi connectivity index (χ0n) is 10.9. The van der Waals surface area contributed by atoms with Crippen LogP contribution < -0.4 is 5.32 Å². The first-order valence-corrected chi connectivity index (χ1v) is 6.95. The molecule has 0 spiro atoms. The number of hydrogen-bond donors (Lipinski definition) is 1. The molecule has 0 saturated carbocycles. The van der Waals surface area contributed by atoms with Crippen molar-refractivity contribution >= 4 is 11.3 Å². The maximum Gasteiger partial charge on any atom is 0.0300 e. The molecule has 16 heavy (non-hydrogen) atoms. The van der Waals surface area contributed by atoms with Crippen LogP contribution in [0.4, 0.5) is 0 Å². The second-order valence-corrected chi connectivity index (χ2v) is 5.78. The Morgan fingerprint density at radius 3 is 2.62 bits per heavy atom. The van der Waals surface area contributed by atoms with E-state index in [1.165, 1.54) is 9.75 Å². The van der Waals surface area contributed by atoms with Crippen molar-refractivity contribution in [1.29, 1.82) is 0 Å². The van der Waals surface area contributed by atoms with E-state index < -0.39 is 0 Å². The van der Waals surface area contributed by atoms with Crippen molar-refractivity contribution < 1.29 is 0 Å². The van der Waals surface area contributed by atoms with E-state index in [0.717, 1.165) is 26.2 Å². The highest BCUT2D eigenvalue weighted by molar-refractivity contribution is 7.11. The lowest BCUT2D eigenvalue weighted by Gasteiger charge is -2.24. The quantitative estimate of drug-likeness (QED) is 0.737.